The van der Waals surface area contributed by atoms with E-state index in [1.807, 2.05) is 29.6 Å². The molecule has 0 bridgehead atoms. The lowest BCUT2D eigenvalue weighted by atomic mass is 10.1. The number of anilines is 1. The van der Waals surface area contributed by atoms with Crippen molar-refractivity contribution in [3.05, 3.63) is 35.8 Å². The summed E-state index contributed by atoms with van der Waals surface area (Å²) >= 11 is 1.58. The van der Waals surface area contributed by atoms with E-state index in [1.54, 1.807) is 22.4 Å². The average molecular weight is 315 g/mol. The number of likely N-dealkylation sites (tertiary alicyclic amines) is 1. The molecular weight excluding hydrogens is 298 g/mol. The summed E-state index contributed by atoms with van der Waals surface area (Å²) in [5.74, 6) is -0.0854. The summed E-state index contributed by atoms with van der Waals surface area (Å²) < 4.78 is 0. The number of benzene rings is 1. The van der Waals surface area contributed by atoms with Crippen LogP contribution in [0.5, 0.6) is 0 Å². The number of hydrogen-bond acceptors (Lipinski definition) is 4. The number of rotatable bonds is 4. The van der Waals surface area contributed by atoms with Crippen molar-refractivity contribution >= 4 is 28.8 Å². The van der Waals surface area contributed by atoms with Gasteiger partial charge in [-0.05, 0) is 37.1 Å². The fourth-order valence-electron chi connectivity index (χ4n) is 2.46. The van der Waals surface area contributed by atoms with Crippen LogP contribution in [0.1, 0.15) is 19.3 Å². The molecule has 0 radical (unpaired) electrons. The second-order valence-electron chi connectivity index (χ2n) is 5.24. The van der Waals surface area contributed by atoms with Crippen LogP contribution in [0.15, 0.2) is 35.8 Å². The van der Waals surface area contributed by atoms with Crippen LogP contribution < -0.4 is 5.32 Å². The van der Waals surface area contributed by atoms with Gasteiger partial charge in [-0.25, -0.2) is 4.98 Å². The Morgan fingerprint density at radius 1 is 1.27 bits per heavy atom. The van der Waals surface area contributed by atoms with Gasteiger partial charge in [0.2, 0.25) is 11.8 Å². The fourth-order valence-corrected chi connectivity index (χ4v) is 3.11. The molecule has 114 valence electrons. The number of hydrogen-bond donors (Lipinski definition) is 1. The molecule has 1 aromatic carbocycles. The molecule has 1 saturated heterocycles. The maximum atomic E-state index is 12.0. The van der Waals surface area contributed by atoms with E-state index in [0.29, 0.717) is 13.0 Å². The molecule has 0 spiro atoms. The Balaban J connectivity index is 1.58. The van der Waals surface area contributed by atoms with Crippen LogP contribution in [0.25, 0.3) is 10.6 Å². The van der Waals surface area contributed by atoms with Crippen LogP contribution in [0.3, 0.4) is 0 Å². The van der Waals surface area contributed by atoms with Gasteiger partial charge in [-0.3, -0.25) is 9.59 Å². The summed E-state index contributed by atoms with van der Waals surface area (Å²) in [4.78, 5) is 29.6. The predicted octanol–water partition coefficient (Wildman–Crippen LogP) is 2.76. The molecule has 22 heavy (non-hydrogen) atoms. The van der Waals surface area contributed by atoms with E-state index in [0.717, 1.165) is 29.1 Å². The first kappa shape index (κ1) is 14.7. The SMILES string of the molecule is O=C(CN1CCCCC1=O)Nc1ccc(-c2nccs2)cc1. The van der Waals surface area contributed by atoms with Gasteiger partial charge in [0, 0.05) is 35.8 Å². The second kappa shape index (κ2) is 6.70. The van der Waals surface area contributed by atoms with Crippen LogP contribution in [-0.2, 0) is 9.59 Å². The third-order valence-electron chi connectivity index (χ3n) is 3.60. The van der Waals surface area contributed by atoms with Gasteiger partial charge in [-0.2, -0.15) is 0 Å². The van der Waals surface area contributed by atoms with Crippen molar-refractivity contribution < 1.29 is 9.59 Å². The Kier molecular flexibility index (Phi) is 4.48. The Morgan fingerprint density at radius 3 is 2.77 bits per heavy atom. The number of carbonyl (C=O) groups is 2. The van der Waals surface area contributed by atoms with E-state index in [4.69, 9.17) is 0 Å². The number of amides is 2. The molecule has 1 aliphatic rings. The summed E-state index contributed by atoms with van der Waals surface area (Å²) in [5.41, 5.74) is 1.76. The van der Waals surface area contributed by atoms with Crippen LogP contribution in [0, 0.1) is 0 Å². The summed E-state index contributed by atoms with van der Waals surface area (Å²) in [5, 5.41) is 5.72. The first-order valence-corrected chi connectivity index (χ1v) is 8.18. The molecule has 2 aromatic rings. The van der Waals surface area contributed by atoms with Gasteiger partial charge in [0.1, 0.15) is 5.01 Å². The number of thiazole rings is 1. The molecule has 5 nitrogen and oxygen atoms in total. The van der Waals surface area contributed by atoms with E-state index in [1.165, 1.54) is 0 Å². The molecule has 1 fully saturated rings. The molecule has 1 N–H and O–H groups in total. The van der Waals surface area contributed by atoms with E-state index < -0.39 is 0 Å². The van der Waals surface area contributed by atoms with Gasteiger partial charge in [-0.1, -0.05) is 0 Å². The molecule has 0 unspecified atom stereocenters. The van der Waals surface area contributed by atoms with Crippen molar-refractivity contribution in [3.8, 4) is 10.6 Å². The fraction of sp³-hybridized carbons (Fsp3) is 0.312. The van der Waals surface area contributed by atoms with Crippen LogP contribution >= 0.6 is 11.3 Å². The highest BCUT2D eigenvalue weighted by molar-refractivity contribution is 7.13. The van der Waals surface area contributed by atoms with Crippen LogP contribution in [-0.4, -0.2) is 34.8 Å². The van der Waals surface area contributed by atoms with Gasteiger partial charge in [0.25, 0.3) is 0 Å². The van der Waals surface area contributed by atoms with Gasteiger partial charge < -0.3 is 10.2 Å². The lowest BCUT2D eigenvalue weighted by Gasteiger charge is -2.25. The number of aromatic nitrogens is 1. The van der Waals surface area contributed by atoms with E-state index in [2.05, 4.69) is 10.3 Å². The first-order valence-electron chi connectivity index (χ1n) is 7.30. The lowest BCUT2D eigenvalue weighted by Crippen LogP contribution is -2.40. The van der Waals surface area contributed by atoms with Crippen molar-refractivity contribution in [2.75, 3.05) is 18.4 Å². The summed E-state index contributed by atoms with van der Waals surface area (Å²) in [6.07, 6.45) is 4.22. The van der Waals surface area contributed by atoms with Gasteiger partial charge >= 0.3 is 0 Å². The summed E-state index contributed by atoms with van der Waals surface area (Å²) in [6, 6.07) is 7.57. The molecule has 0 atom stereocenters. The summed E-state index contributed by atoms with van der Waals surface area (Å²) in [7, 11) is 0. The summed E-state index contributed by atoms with van der Waals surface area (Å²) in [6.45, 7) is 0.808. The quantitative estimate of drug-likeness (QED) is 0.943. The molecule has 2 amide bonds. The Bertz CT molecular complexity index is 653. The van der Waals surface area contributed by atoms with Crippen molar-refractivity contribution in [1.29, 1.82) is 0 Å². The third-order valence-corrected chi connectivity index (χ3v) is 4.43. The zero-order valence-corrected chi connectivity index (χ0v) is 12.9. The van der Waals surface area contributed by atoms with Crippen LogP contribution in [0.2, 0.25) is 0 Å². The second-order valence-corrected chi connectivity index (χ2v) is 6.13. The zero-order valence-electron chi connectivity index (χ0n) is 12.1. The zero-order chi connectivity index (χ0) is 15.4. The van der Waals surface area contributed by atoms with Gasteiger partial charge in [0.15, 0.2) is 0 Å². The maximum absolute atomic E-state index is 12.0. The molecule has 2 heterocycles. The monoisotopic (exact) mass is 315 g/mol. The number of nitrogens with one attached hydrogen (secondary N) is 1. The van der Waals surface area contributed by atoms with E-state index >= 15 is 0 Å². The highest BCUT2D eigenvalue weighted by Gasteiger charge is 2.20. The largest absolute Gasteiger partial charge is 0.333 e. The topological polar surface area (TPSA) is 62.3 Å². The normalized spacial score (nSPS) is 14.9. The highest BCUT2D eigenvalue weighted by atomic mass is 32.1. The number of piperidine rings is 1. The Hall–Kier alpha value is -2.21. The lowest BCUT2D eigenvalue weighted by molar-refractivity contribution is -0.136. The molecule has 1 aliphatic heterocycles. The number of nitrogens with zero attached hydrogens (tertiary/aromatic N) is 2. The van der Waals surface area contributed by atoms with E-state index in [-0.39, 0.29) is 18.4 Å². The van der Waals surface area contributed by atoms with Crippen molar-refractivity contribution in [2.45, 2.75) is 19.3 Å². The predicted molar refractivity (Wildman–Crippen MR) is 86.6 cm³/mol. The molecule has 0 aliphatic carbocycles. The minimum atomic E-state index is -0.155. The molecule has 0 saturated carbocycles. The molecule has 1 aromatic heterocycles. The minimum absolute atomic E-state index is 0.0699. The maximum Gasteiger partial charge on any atom is 0.243 e. The van der Waals surface area contributed by atoms with E-state index in [9.17, 15) is 9.59 Å². The molecular formula is C16H17N3O2S. The minimum Gasteiger partial charge on any atom is -0.333 e. The third kappa shape index (κ3) is 3.51. The van der Waals surface area contributed by atoms with Crippen molar-refractivity contribution in [3.63, 3.8) is 0 Å². The smallest absolute Gasteiger partial charge is 0.243 e. The molecule has 3 rings (SSSR count). The van der Waals surface area contributed by atoms with Crippen molar-refractivity contribution in [2.24, 2.45) is 0 Å². The van der Waals surface area contributed by atoms with Crippen molar-refractivity contribution in [1.82, 2.24) is 9.88 Å². The number of carbonyl (C=O) groups excluding carboxylic acids is 2. The molecule has 6 heteroatoms. The highest BCUT2D eigenvalue weighted by Crippen LogP contribution is 2.23. The van der Waals surface area contributed by atoms with Gasteiger partial charge in [0.05, 0.1) is 6.54 Å². The first-order chi connectivity index (χ1) is 10.7. The van der Waals surface area contributed by atoms with Crippen LogP contribution in [0.4, 0.5) is 5.69 Å². The Morgan fingerprint density at radius 2 is 2.09 bits per heavy atom. The standard InChI is InChI=1S/C16H17N3O2S/c20-14(11-19-9-2-1-3-15(19)21)18-13-6-4-12(5-7-13)16-17-8-10-22-16/h4-8,10H,1-3,9,11H2,(H,18,20). The average Bonchev–Trinajstić information content (AvgIpc) is 3.05. The Labute approximate surface area is 133 Å². The van der Waals surface area contributed by atoms with Gasteiger partial charge in [-0.15, -0.1) is 11.3 Å².